The number of carbonyl (C=O) groups is 1. The molecular weight excluding hydrogens is 156 g/mol. The Balaban J connectivity index is 2.36. The highest BCUT2D eigenvalue weighted by molar-refractivity contribution is 5.82. The molecule has 1 rings (SSSR count). The van der Waals surface area contributed by atoms with Crippen LogP contribution in [0.4, 0.5) is 0 Å². The average molecular weight is 168 g/mol. The predicted octanol–water partition coefficient (Wildman–Crippen LogP) is 1.41. The van der Waals surface area contributed by atoms with Crippen LogP contribution in [0, 0.1) is 0 Å². The maximum absolute atomic E-state index is 10.7. The van der Waals surface area contributed by atoms with Gasteiger partial charge in [0.2, 0.25) is 0 Å². The molecule has 3 heteroatoms. The monoisotopic (exact) mass is 168 g/mol. The summed E-state index contributed by atoms with van der Waals surface area (Å²) in [5, 5.41) is 0. The van der Waals surface area contributed by atoms with Gasteiger partial charge in [-0.1, -0.05) is 13.2 Å². The van der Waals surface area contributed by atoms with E-state index in [4.69, 9.17) is 9.47 Å². The molecule has 0 bridgehead atoms. The van der Waals surface area contributed by atoms with Crippen molar-refractivity contribution in [3.8, 4) is 0 Å². The third-order valence-corrected chi connectivity index (χ3v) is 1.69. The second-order valence-corrected chi connectivity index (χ2v) is 2.59. The van der Waals surface area contributed by atoms with Crippen LogP contribution in [0.3, 0.4) is 0 Å². The van der Waals surface area contributed by atoms with Crippen molar-refractivity contribution in [2.24, 2.45) is 0 Å². The fourth-order valence-electron chi connectivity index (χ4n) is 1.07. The van der Waals surface area contributed by atoms with E-state index in [-0.39, 0.29) is 6.10 Å². The lowest BCUT2D eigenvalue weighted by Gasteiger charge is -2.11. The largest absolute Gasteiger partial charge is 0.426 e. The molecule has 1 fully saturated rings. The van der Waals surface area contributed by atoms with Crippen LogP contribution >= 0.6 is 0 Å². The van der Waals surface area contributed by atoms with E-state index < -0.39 is 5.97 Å². The van der Waals surface area contributed by atoms with Crippen LogP contribution in [-0.2, 0) is 14.3 Å². The van der Waals surface area contributed by atoms with Gasteiger partial charge in [0.1, 0.15) is 11.9 Å². The van der Waals surface area contributed by atoms with Crippen LogP contribution in [0.2, 0.25) is 0 Å². The summed E-state index contributed by atoms with van der Waals surface area (Å²) < 4.78 is 10.1. The van der Waals surface area contributed by atoms with Gasteiger partial charge in [-0.05, 0) is 12.8 Å². The van der Waals surface area contributed by atoms with E-state index in [1.165, 1.54) is 0 Å². The van der Waals surface area contributed by atoms with Crippen molar-refractivity contribution >= 4 is 5.97 Å². The van der Waals surface area contributed by atoms with Gasteiger partial charge in [0.05, 0.1) is 0 Å². The van der Waals surface area contributed by atoms with E-state index in [1.54, 1.807) is 0 Å². The Labute approximate surface area is 71.7 Å². The third-order valence-electron chi connectivity index (χ3n) is 1.69. The zero-order chi connectivity index (χ0) is 8.97. The molecule has 0 spiro atoms. The molecule has 0 radical (unpaired) electrons. The summed E-state index contributed by atoms with van der Waals surface area (Å²) in [6.07, 6.45) is 2.87. The van der Waals surface area contributed by atoms with Crippen LogP contribution in [0.25, 0.3) is 0 Å². The van der Waals surface area contributed by atoms with Crippen molar-refractivity contribution in [1.82, 2.24) is 0 Å². The van der Waals surface area contributed by atoms with E-state index >= 15 is 0 Å². The Morgan fingerprint density at radius 2 is 2.42 bits per heavy atom. The molecule has 0 saturated carbocycles. The molecule has 1 atom stereocenters. The van der Waals surface area contributed by atoms with Crippen molar-refractivity contribution in [2.45, 2.75) is 18.9 Å². The molecule has 66 valence electrons. The Bertz CT molecular complexity index is 202. The van der Waals surface area contributed by atoms with Crippen molar-refractivity contribution in [3.05, 3.63) is 25.0 Å². The molecule has 1 saturated heterocycles. The molecule has 12 heavy (non-hydrogen) atoms. The SMILES string of the molecule is C=CC(=O)OC(=C)C1CCCO1. The fourth-order valence-corrected chi connectivity index (χ4v) is 1.07. The molecule has 1 aliphatic heterocycles. The predicted molar refractivity (Wildman–Crippen MR) is 44.4 cm³/mol. The number of esters is 1. The zero-order valence-corrected chi connectivity index (χ0v) is 6.91. The minimum Gasteiger partial charge on any atom is -0.426 e. The van der Waals surface area contributed by atoms with Crippen LogP contribution in [0.15, 0.2) is 25.0 Å². The molecule has 0 aromatic heterocycles. The number of rotatable bonds is 3. The summed E-state index contributed by atoms with van der Waals surface area (Å²) in [5.74, 6) is -0.0899. The first kappa shape index (κ1) is 9.00. The molecule has 1 heterocycles. The van der Waals surface area contributed by atoms with E-state index in [0.29, 0.717) is 5.76 Å². The molecule has 0 aliphatic carbocycles. The third kappa shape index (κ3) is 2.20. The highest BCUT2D eigenvalue weighted by Gasteiger charge is 2.20. The highest BCUT2D eigenvalue weighted by atomic mass is 16.6. The smallest absolute Gasteiger partial charge is 0.335 e. The Morgan fingerprint density at radius 3 is 2.92 bits per heavy atom. The van der Waals surface area contributed by atoms with Gasteiger partial charge in [-0.3, -0.25) is 0 Å². The van der Waals surface area contributed by atoms with Crippen molar-refractivity contribution < 1.29 is 14.3 Å². The number of ether oxygens (including phenoxy) is 2. The number of carbonyl (C=O) groups excluding carboxylic acids is 1. The van der Waals surface area contributed by atoms with Crippen LogP contribution in [0.5, 0.6) is 0 Å². The number of hydrogen-bond donors (Lipinski definition) is 0. The van der Waals surface area contributed by atoms with Gasteiger partial charge in [0, 0.05) is 12.7 Å². The summed E-state index contributed by atoms with van der Waals surface area (Å²) >= 11 is 0. The first-order valence-corrected chi connectivity index (χ1v) is 3.88. The fraction of sp³-hybridized carbons (Fsp3) is 0.444. The van der Waals surface area contributed by atoms with Gasteiger partial charge in [0.25, 0.3) is 0 Å². The lowest BCUT2D eigenvalue weighted by atomic mass is 10.2. The van der Waals surface area contributed by atoms with E-state index in [9.17, 15) is 4.79 Å². The summed E-state index contributed by atoms with van der Waals surface area (Å²) in [7, 11) is 0. The molecule has 3 nitrogen and oxygen atoms in total. The molecule has 1 unspecified atom stereocenters. The summed E-state index contributed by atoms with van der Waals surface area (Å²) in [4.78, 5) is 10.7. The van der Waals surface area contributed by atoms with E-state index in [0.717, 1.165) is 25.5 Å². The van der Waals surface area contributed by atoms with Crippen LogP contribution in [0.1, 0.15) is 12.8 Å². The first-order valence-electron chi connectivity index (χ1n) is 3.88. The molecular formula is C9H12O3. The minimum atomic E-state index is -0.476. The van der Waals surface area contributed by atoms with Gasteiger partial charge < -0.3 is 9.47 Å². The quantitative estimate of drug-likeness (QED) is 0.363. The standard InChI is InChI=1S/C9H12O3/c1-3-9(10)12-7(2)8-5-4-6-11-8/h3,8H,1-2,4-6H2. The van der Waals surface area contributed by atoms with Gasteiger partial charge in [-0.25, -0.2) is 4.79 Å². The van der Waals surface area contributed by atoms with Crippen molar-refractivity contribution in [3.63, 3.8) is 0 Å². The van der Waals surface area contributed by atoms with Gasteiger partial charge in [-0.2, -0.15) is 0 Å². The van der Waals surface area contributed by atoms with Crippen molar-refractivity contribution in [2.75, 3.05) is 6.61 Å². The van der Waals surface area contributed by atoms with Crippen LogP contribution < -0.4 is 0 Å². The first-order chi connectivity index (χ1) is 5.74. The Hall–Kier alpha value is -1.09. The van der Waals surface area contributed by atoms with Gasteiger partial charge in [0.15, 0.2) is 0 Å². The normalized spacial score (nSPS) is 21.8. The molecule has 1 aliphatic rings. The maximum Gasteiger partial charge on any atom is 0.335 e. The van der Waals surface area contributed by atoms with Crippen LogP contribution in [-0.4, -0.2) is 18.7 Å². The Morgan fingerprint density at radius 1 is 1.67 bits per heavy atom. The lowest BCUT2D eigenvalue weighted by Crippen LogP contribution is -2.13. The Kier molecular flexibility index (Phi) is 3.05. The highest BCUT2D eigenvalue weighted by Crippen LogP contribution is 2.19. The average Bonchev–Trinajstić information content (AvgIpc) is 2.56. The molecule has 0 amide bonds. The second kappa shape index (κ2) is 4.07. The summed E-state index contributed by atoms with van der Waals surface area (Å²) in [6, 6.07) is 0. The minimum absolute atomic E-state index is 0.117. The zero-order valence-electron chi connectivity index (χ0n) is 6.91. The number of hydrogen-bond acceptors (Lipinski definition) is 3. The van der Waals surface area contributed by atoms with E-state index in [1.807, 2.05) is 0 Å². The topological polar surface area (TPSA) is 35.5 Å². The lowest BCUT2D eigenvalue weighted by molar-refractivity contribution is -0.135. The van der Waals surface area contributed by atoms with E-state index in [2.05, 4.69) is 13.2 Å². The molecule has 0 N–H and O–H groups in total. The maximum atomic E-state index is 10.7. The summed E-state index contributed by atoms with van der Waals surface area (Å²) in [6.45, 7) is 7.61. The van der Waals surface area contributed by atoms with Gasteiger partial charge in [-0.15, -0.1) is 0 Å². The summed E-state index contributed by atoms with van der Waals surface area (Å²) in [5.41, 5.74) is 0. The van der Waals surface area contributed by atoms with Crippen molar-refractivity contribution in [1.29, 1.82) is 0 Å². The second-order valence-electron chi connectivity index (χ2n) is 2.59. The molecule has 0 aromatic carbocycles. The van der Waals surface area contributed by atoms with Gasteiger partial charge >= 0.3 is 5.97 Å². The molecule has 0 aromatic rings.